The highest BCUT2D eigenvalue weighted by Gasteiger charge is 2.38. The lowest BCUT2D eigenvalue weighted by Gasteiger charge is -1.98. The first-order chi connectivity index (χ1) is 6.57. The number of carboxylic acids is 2. The number of aliphatic carboxylic acids is 2. The smallest absolute Gasteiger partial charge is 0.481 e. The minimum atomic E-state index is -5.08. The van der Waals surface area contributed by atoms with Gasteiger partial charge >= 0.3 is 18.1 Å². The van der Waals surface area contributed by atoms with E-state index in [2.05, 4.69) is 0 Å². The topological polar surface area (TPSA) is 101 Å². The largest absolute Gasteiger partial charge is 0.490 e. The molecule has 90 valence electrons. The van der Waals surface area contributed by atoms with E-state index in [0.717, 1.165) is 0 Å². The van der Waals surface area contributed by atoms with Gasteiger partial charge in [-0.25, -0.2) is 4.79 Å². The molecule has 0 aliphatic carbocycles. The number of alkyl halides is 3. The number of hydrogen-bond donors (Lipinski definition) is 3. The van der Waals surface area contributed by atoms with Crippen molar-refractivity contribution < 1.29 is 33.0 Å². The summed E-state index contributed by atoms with van der Waals surface area (Å²) >= 11 is 0. The molecule has 0 unspecified atom stereocenters. The van der Waals surface area contributed by atoms with Crippen LogP contribution in [0.15, 0.2) is 0 Å². The standard InChI is InChI=1S/C5H11NO2.C2HF3O2/c1-4(6)2-3-5(7)8;3-2(4,5)1(6)7/h4H,2-3,6H2,1H3,(H,7,8);(H,6,7)/t4-;/m0./s1. The van der Waals surface area contributed by atoms with Gasteiger partial charge in [0.1, 0.15) is 0 Å². The Kier molecular flexibility index (Phi) is 7.58. The van der Waals surface area contributed by atoms with E-state index in [1.165, 1.54) is 0 Å². The predicted molar refractivity (Wildman–Crippen MR) is 44.2 cm³/mol. The molecular weight excluding hydrogens is 219 g/mol. The highest BCUT2D eigenvalue weighted by molar-refractivity contribution is 5.73. The van der Waals surface area contributed by atoms with Crippen LogP contribution in [0, 0.1) is 0 Å². The normalized spacial score (nSPS) is 12.3. The van der Waals surface area contributed by atoms with E-state index in [-0.39, 0.29) is 12.5 Å². The zero-order chi connectivity index (χ0) is 12.6. The third kappa shape index (κ3) is 15.4. The van der Waals surface area contributed by atoms with Crippen LogP contribution in [0.1, 0.15) is 19.8 Å². The van der Waals surface area contributed by atoms with Crippen molar-refractivity contribution >= 4 is 11.9 Å². The van der Waals surface area contributed by atoms with Crippen LogP contribution in [-0.4, -0.2) is 34.4 Å². The number of carbonyl (C=O) groups is 2. The molecule has 4 N–H and O–H groups in total. The molecule has 1 atom stereocenters. The van der Waals surface area contributed by atoms with Crippen LogP contribution in [0.4, 0.5) is 13.2 Å². The van der Waals surface area contributed by atoms with Gasteiger partial charge in [-0.1, -0.05) is 0 Å². The van der Waals surface area contributed by atoms with E-state index in [0.29, 0.717) is 6.42 Å². The van der Waals surface area contributed by atoms with E-state index in [9.17, 15) is 18.0 Å². The Labute approximate surface area is 83.7 Å². The maximum Gasteiger partial charge on any atom is 0.490 e. The van der Waals surface area contributed by atoms with Crippen LogP contribution in [0.3, 0.4) is 0 Å². The van der Waals surface area contributed by atoms with Gasteiger partial charge in [0.05, 0.1) is 0 Å². The van der Waals surface area contributed by atoms with E-state index in [1.54, 1.807) is 6.92 Å². The minimum absolute atomic E-state index is 0.00565. The Morgan fingerprint density at radius 2 is 1.67 bits per heavy atom. The maximum atomic E-state index is 10.6. The van der Waals surface area contributed by atoms with Crippen molar-refractivity contribution in [3.05, 3.63) is 0 Å². The fraction of sp³-hybridized carbons (Fsp3) is 0.714. The molecule has 5 nitrogen and oxygen atoms in total. The monoisotopic (exact) mass is 231 g/mol. The van der Waals surface area contributed by atoms with Gasteiger partial charge in [-0.05, 0) is 13.3 Å². The Morgan fingerprint density at radius 3 is 1.73 bits per heavy atom. The molecule has 0 saturated heterocycles. The maximum absolute atomic E-state index is 10.6. The fourth-order valence-corrected chi connectivity index (χ4v) is 0.351. The Hall–Kier alpha value is -1.31. The molecule has 8 heteroatoms. The van der Waals surface area contributed by atoms with Crippen molar-refractivity contribution in [1.82, 2.24) is 0 Å². The summed E-state index contributed by atoms with van der Waals surface area (Å²) < 4.78 is 31.7. The van der Waals surface area contributed by atoms with E-state index < -0.39 is 18.1 Å². The van der Waals surface area contributed by atoms with Gasteiger partial charge in [0.2, 0.25) is 0 Å². The quantitative estimate of drug-likeness (QED) is 0.667. The number of rotatable bonds is 3. The van der Waals surface area contributed by atoms with Crippen LogP contribution in [0.25, 0.3) is 0 Å². The van der Waals surface area contributed by atoms with E-state index in [4.69, 9.17) is 20.7 Å². The minimum Gasteiger partial charge on any atom is -0.481 e. The molecule has 0 fully saturated rings. The van der Waals surface area contributed by atoms with Crippen LogP contribution in [0.2, 0.25) is 0 Å². The summed E-state index contributed by atoms with van der Waals surface area (Å²) in [4.78, 5) is 18.7. The zero-order valence-corrected chi connectivity index (χ0v) is 7.91. The summed E-state index contributed by atoms with van der Waals surface area (Å²) in [6.07, 6.45) is -4.34. The molecule has 0 saturated carbocycles. The van der Waals surface area contributed by atoms with Crippen LogP contribution < -0.4 is 5.73 Å². The van der Waals surface area contributed by atoms with Crippen molar-refractivity contribution in [1.29, 1.82) is 0 Å². The van der Waals surface area contributed by atoms with Crippen molar-refractivity contribution in [2.45, 2.75) is 32.0 Å². The highest BCUT2D eigenvalue weighted by Crippen LogP contribution is 2.13. The van der Waals surface area contributed by atoms with Crippen molar-refractivity contribution in [3.8, 4) is 0 Å². The Balaban J connectivity index is 0. The van der Waals surface area contributed by atoms with E-state index >= 15 is 0 Å². The molecule has 15 heavy (non-hydrogen) atoms. The Morgan fingerprint density at radius 1 is 1.33 bits per heavy atom. The van der Waals surface area contributed by atoms with E-state index in [1.807, 2.05) is 0 Å². The van der Waals surface area contributed by atoms with Crippen LogP contribution >= 0.6 is 0 Å². The summed E-state index contributed by atoms with van der Waals surface area (Å²) in [6, 6.07) is 0.00565. The lowest BCUT2D eigenvalue weighted by molar-refractivity contribution is -0.192. The zero-order valence-electron chi connectivity index (χ0n) is 7.91. The summed E-state index contributed by atoms with van der Waals surface area (Å²) in [5.41, 5.74) is 5.28. The molecule has 0 aliphatic heterocycles. The lowest BCUT2D eigenvalue weighted by atomic mass is 10.2. The first-order valence-corrected chi connectivity index (χ1v) is 3.84. The second kappa shape index (κ2) is 7.04. The average molecular weight is 231 g/mol. The molecule has 0 radical (unpaired) electrons. The summed E-state index contributed by atoms with van der Waals surface area (Å²) in [5.74, 6) is -3.53. The molecule has 0 aromatic rings. The van der Waals surface area contributed by atoms with Gasteiger partial charge in [0.25, 0.3) is 0 Å². The third-order valence-electron chi connectivity index (χ3n) is 1.06. The summed E-state index contributed by atoms with van der Waals surface area (Å²) in [7, 11) is 0. The predicted octanol–water partition coefficient (Wildman–Crippen LogP) is 0.832. The second-order valence-electron chi connectivity index (χ2n) is 2.71. The van der Waals surface area contributed by atoms with Crippen LogP contribution in [0.5, 0.6) is 0 Å². The first kappa shape index (κ1) is 16.1. The molecule has 0 aliphatic rings. The molecular formula is C7H12F3NO4. The lowest BCUT2D eigenvalue weighted by Crippen LogP contribution is -2.21. The first-order valence-electron chi connectivity index (χ1n) is 3.84. The van der Waals surface area contributed by atoms with Gasteiger partial charge in [0.15, 0.2) is 0 Å². The third-order valence-corrected chi connectivity index (χ3v) is 1.06. The van der Waals surface area contributed by atoms with Gasteiger partial charge in [-0.2, -0.15) is 13.2 Å². The van der Waals surface area contributed by atoms with Crippen molar-refractivity contribution in [3.63, 3.8) is 0 Å². The molecule has 0 spiro atoms. The number of halogens is 3. The van der Waals surface area contributed by atoms with Gasteiger partial charge < -0.3 is 15.9 Å². The summed E-state index contributed by atoms with van der Waals surface area (Å²) in [5, 5.41) is 15.2. The molecule has 0 aromatic carbocycles. The number of nitrogens with two attached hydrogens (primary N) is 1. The molecule has 0 amide bonds. The molecule has 0 bridgehead atoms. The molecule has 0 aromatic heterocycles. The highest BCUT2D eigenvalue weighted by atomic mass is 19.4. The van der Waals surface area contributed by atoms with Gasteiger partial charge in [-0.3, -0.25) is 4.79 Å². The SMILES string of the molecule is C[C@H](N)CCC(=O)O.O=C(O)C(F)(F)F. The van der Waals surface area contributed by atoms with Crippen molar-refractivity contribution in [2.24, 2.45) is 5.73 Å². The van der Waals surface area contributed by atoms with Gasteiger partial charge in [0, 0.05) is 12.5 Å². The van der Waals surface area contributed by atoms with Crippen LogP contribution in [-0.2, 0) is 9.59 Å². The molecule has 0 heterocycles. The molecule has 0 rings (SSSR count). The van der Waals surface area contributed by atoms with Crippen molar-refractivity contribution in [2.75, 3.05) is 0 Å². The average Bonchev–Trinajstić information content (AvgIpc) is 2.00. The fourth-order valence-electron chi connectivity index (χ4n) is 0.351. The van der Waals surface area contributed by atoms with Gasteiger partial charge in [-0.15, -0.1) is 0 Å². The summed E-state index contributed by atoms with van der Waals surface area (Å²) in [6.45, 7) is 1.79. The Bertz CT molecular complexity index is 215. The number of hydrogen-bond acceptors (Lipinski definition) is 3. The number of carboxylic acid groups (broad SMARTS) is 2. The second-order valence-corrected chi connectivity index (χ2v) is 2.71.